The number of ketones is 1. The number of carbonyl (C=O) groups is 2. The number of Topliss-reactive ketones (excluding diaryl/α,β-unsaturated/α-hetero) is 1. The van der Waals surface area contributed by atoms with Crippen molar-refractivity contribution in [2.45, 2.75) is 26.3 Å². The van der Waals surface area contributed by atoms with Crippen molar-refractivity contribution in [3.8, 4) is 0 Å². The molecule has 0 saturated heterocycles. The van der Waals surface area contributed by atoms with E-state index in [1.807, 2.05) is 62.4 Å². The molecule has 2 rings (SSSR count). The zero-order valence-corrected chi connectivity index (χ0v) is 13.9. The Labute approximate surface area is 137 Å². The molecule has 120 valence electrons. The van der Waals surface area contributed by atoms with E-state index >= 15 is 0 Å². The van der Waals surface area contributed by atoms with Crippen molar-refractivity contribution in [2.24, 2.45) is 5.92 Å². The van der Waals surface area contributed by atoms with Gasteiger partial charge in [0, 0.05) is 24.9 Å². The zero-order chi connectivity index (χ0) is 16.8. The molecule has 2 atom stereocenters. The summed E-state index contributed by atoms with van der Waals surface area (Å²) in [6.07, 6.45) is 0.470. The maximum Gasteiger partial charge on any atom is 0.254 e. The van der Waals surface area contributed by atoms with Gasteiger partial charge in [-0.25, -0.2) is 0 Å². The van der Waals surface area contributed by atoms with Crippen LogP contribution < -0.4 is 0 Å². The summed E-state index contributed by atoms with van der Waals surface area (Å²) in [7, 11) is 1.77. The molecule has 0 bridgehead atoms. The smallest absolute Gasteiger partial charge is 0.254 e. The predicted octanol–water partition coefficient (Wildman–Crippen LogP) is 4.12. The van der Waals surface area contributed by atoms with Crippen molar-refractivity contribution < 1.29 is 9.59 Å². The molecular weight excluding hydrogens is 286 g/mol. The maximum absolute atomic E-state index is 12.8. The Morgan fingerprint density at radius 3 is 2.00 bits per heavy atom. The molecule has 0 aliphatic carbocycles. The van der Waals surface area contributed by atoms with Gasteiger partial charge in [-0.3, -0.25) is 9.59 Å². The fourth-order valence-corrected chi connectivity index (χ4v) is 2.91. The van der Waals surface area contributed by atoms with Gasteiger partial charge in [0.1, 0.15) is 5.78 Å². The Kier molecular flexibility index (Phi) is 5.69. The molecular formula is C20H23NO2. The minimum atomic E-state index is -0.267. The number of hydrogen-bond acceptors (Lipinski definition) is 2. The second kappa shape index (κ2) is 7.73. The zero-order valence-electron chi connectivity index (χ0n) is 13.9. The van der Waals surface area contributed by atoms with Crippen LogP contribution in [0.5, 0.6) is 0 Å². The molecule has 23 heavy (non-hydrogen) atoms. The molecule has 0 aromatic heterocycles. The van der Waals surface area contributed by atoms with Crippen molar-refractivity contribution in [3.63, 3.8) is 0 Å². The molecule has 0 aliphatic rings. The standard InChI is InChI=1S/C20H23NO2/c1-4-18(22)15(2)19(16-11-7-5-8-12-16)21(3)20(23)17-13-9-6-10-14-17/h5-15,19H,4H2,1-3H3/t15-,19-/m1/s1. The van der Waals surface area contributed by atoms with Crippen molar-refractivity contribution in [2.75, 3.05) is 7.05 Å². The Morgan fingerprint density at radius 2 is 1.48 bits per heavy atom. The topological polar surface area (TPSA) is 37.4 Å². The summed E-state index contributed by atoms with van der Waals surface area (Å²) in [6.45, 7) is 3.76. The molecule has 2 aromatic rings. The molecule has 0 unspecified atom stereocenters. The number of hydrogen-bond donors (Lipinski definition) is 0. The van der Waals surface area contributed by atoms with Gasteiger partial charge in [0.05, 0.1) is 6.04 Å². The van der Waals surface area contributed by atoms with Crippen LogP contribution in [0.25, 0.3) is 0 Å². The number of rotatable bonds is 6. The monoisotopic (exact) mass is 309 g/mol. The molecule has 0 N–H and O–H groups in total. The average molecular weight is 309 g/mol. The van der Waals surface area contributed by atoms with Crippen LogP contribution in [0.3, 0.4) is 0 Å². The highest BCUT2D eigenvalue weighted by Gasteiger charge is 2.30. The minimum Gasteiger partial charge on any atom is -0.334 e. The lowest BCUT2D eigenvalue weighted by Crippen LogP contribution is -2.37. The van der Waals surface area contributed by atoms with E-state index in [9.17, 15) is 9.59 Å². The summed E-state index contributed by atoms with van der Waals surface area (Å²) < 4.78 is 0. The summed E-state index contributed by atoms with van der Waals surface area (Å²) in [6, 6.07) is 18.7. The highest BCUT2D eigenvalue weighted by Crippen LogP contribution is 2.30. The number of nitrogens with zero attached hydrogens (tertiary/aromatic N) is 1. The SMILES string of the molecule is CCC(=O)[C@@H](C)[C@H](c1ccccc1)N(C)C(=O)c1ccccc1. The first kappa shape index (κ1) is 16.9. The molecule has 0 radical (unpaired) electrons. The Morgan fingerprint density at radius 1 is 0.957 bits per heavy atom. The lowest BCUT2D eigenvalue weighted by Gasteiger charge is -2.32. The first-order valence-corrected chi connectivity index (χ1v) is 7.96. The van der Waals surface area contributed by atoms with Crippen LogP contribution in [0.1, 0.15) is 42.2 Å². The predicted molar refractivity (Wildman–Crippen MR) is 92.2 cm³/mol. The van der Waals surface area contributed by atoms with Gasteiger partial charge in [-0.15, -0.1) is 0 Å². The number of amides is 1. The molecule has 3 nitrogen and oxygen atoms in total. The third-order valence-corrected chi connectivity index (χ3v) is 4.23. The summed E-state index contributed by atoms with van der Waals surface area (Å²) in [5.74, 6) is -0.165. The highest BCUT2D eigenvalue weighted by molar-refractivity contribution is 5.94. The van der Waals surface area contributed by atoms with Crippen molar-refractivity contribution in [3.05, 3.63) is 71.8 Å². The van der Waals surface area contributed by atoms with Crippen LogP contribution in [0.15, 0.2) is 60.7 Å². The molecule has 0 spiro atoms. The van der Waals surface area contributed by atoms with Gasteiger partial charge in [-0.1, -0.05) is 62.4 Å². The van der Waals surface area contributed by atoms with E-state index in [4.69, 9.17) is 0 Å². The summed E-state index contributed by atoms with van der Waals surface area (Å²) in [5, 5.41) is 0. The van der Waals surface area contributed by atoms with Crippen LogP contribution in [-0.2, 0) is 4.79 Å². The molecule has 0 fully saturated rings. The third-order valence-electron chi connectivity index (χ3n) is 4.23. The van der Waals surface area contributed by atoms with E-state index in [-0.39, 0.29) is 23.7 Å². The Balaban J connectivity index is 2.37. The van der Waals surface area contributed by atoms with E-state index in [0.29, 0.717) is 12.0 Å². The van der Waals surface area contributed by atoms with Crippen molar-refractivity contribution in [1.29, 1.82) is 0 Å². The van der Waals surface area contributed by atoms with Gasteiger partial charge >= 0.3 is 0 Å². The van der Waals surface area contributed by atoms with Crippen LogP contribution in [0.4, 0.5) is 0 Å². The molecule has 1 amide bonds. The fraction of sp³-hybridized carbons (Fsp3) is 0.300. The molecule has 2 aromatic carbocycles. The normalized spacial score (nSPS) is 13.2. The van der Waals surface area contributed by atoms with Gasteiger partial charge in [0.15, 0.2) is 0 Å². The van der Waals surface area contributed by atoms with Gasteiger partial charge in [-0.05, 0) is 17.7 Å². The van der Waals surface area contributed by atoms with Gasteiger partial charge < -0.3 is 4.90 Å². The van der Waals surface area contributed by atoms with Gasteiger partial charge in [0.2, 0.25) is 0 Å². The number of benzene rings is 2. The third kappa shape index (κ3) is 3.86. The van der Waals surface area contributed by atoms with E-state index in [1.54, 1.807) is 24.1 Å². The van der Waals surface area contributed by atoms with E-state index < -0.39 is 0 Å². The Bertz CT molecular complexity index is 652. The lowest BCUT2D eigenvalue weighted by molar-refractivity contribution is -0.123. The van der Waals surface area contributed by atoms with Crippen LogP contribution in [0, 0.1) is 5.92 Å². The van der Waals surface area contributed by atoms with Gasteiger partial charge in [0.25, 0.3) is 5.91 Å². The maximum atomic E-state index is 12.8. The van der Waals surface area contributed by atoms with Gasteiger partial charge in [-0.2, -0.15) is 0 Å². The van der Waals surface area contributed by atoms with Crippen LogP contribution >= 0.6 is 0 Å². The molecule has 0 heterocycles. The molecule has 0 saturated carbocycles. The Hall–Kier alpha value is -2.42. The van der Waals surface area contributed by atoms with E-state index in [1.165, 1.54) is 0 Å². The van der Waals surface area contributed by atoms with Crippen molar-refractivity contribution in [1.82, 2.24) is 4.90 Å². The van der Waals surface area contributed by atoms with Crippen molar-refractivity contribution >= 4 is 11.7 Å². The second-order valence-corrected chi connectivity index (χ2v) is 5.75. The lowest BCUT2D eigenvalue weighted by atomic mass is 9.88. The summed E-state index contributed by atoms with van der Waals surface area (Å²) in [4.78, 5) is 26.7. The molecule has 3 heteroatoms. The average Bonchev–Trinajstić information content (AvgIpc) is 2.62. The largest absolute Gasteiger partial charge is 0.334 e. The quantitative estimate of drug-likeness (QED) is 0.805. The number of carbonyl (C=O) groups excluding carboxylic acids is 2. The first-order chi connectivity index (χ1) is 11.1. The summed E-state index contributed by atoms with van der Waals surface area (Å²) >= 11 is 0. The molecule has 0 aliphatic heterocycles. The second-order valence-electron chi connectivity index (χ2n) is 5.75. The van der Waals surface area contributed by atoms with E-state index in [2.05, 4.69) is 0 Å². The first-order valence-electron chi connectivity index (χ1n) is 7.96. The fourth-order valence-electron chi connectivity index (χ4n) is 2.91. The van der Waals surface area contributed by atoms with E-state index in [0.717, 1.165) is 5.56 Å². The highest BCUT2D eigenvalue weighted by atomic mass is 16.2. The van der Waals surface area contributed by atoms with Crippen LogP contribution in [0.2, 0.25) is 0 Å². The van der Waals surface area contributed by atoms with Crippen LogP contribution in [-0.4, -0.2) is 23.6 Å². The summed E-state index contributed by atoms with van der Waals surface area (Å²) in [5.41, 5.74) is 1.61. The minimum absolute atomic E-state index is 0.0739.